The second-order valence-corrected chi connectivity index (χ2v) is 4.42. The molecule has 8 nitrogen and oxygen atoms in total. The van der Waals surface area contributed by atoms with Gasteiger partial charge in [-0.05, 0) is 32.4 Å². The summed E-state index contributed by atoms with van der Waals surface area (Å²) in [5, 5.41) is 25.8. The van der Waals surface area contributed by atoms with E-state index in [9.17, 15) is 20.2 Å². The van der Waals surface area contributed by atoms with Crippen molar-refractivity contribution in [3.63, 3.8) is 0 Å². The average Bonchev–Trinajstić information content (AvgIpc) is 2.64. The van der Waals surface area contributed by atoms with Gasteiger partial charge in [-0.3, -0.25) is 20.2 Å². The van der Waals surface area contributed by atoms with Crippen LogP contribution in [0.4, 0.5) is 11.4 Å². The Morgan fingerprint density at radius 2 is 1.75 bits per heavy atom. The molecule has 2 aromatic rings. The summed E-state index contributed by atoms with van der Waals surface area (Å²) >= 11 is 0. The smallest absolute Gasteiger partial charge is 0.258 e. The first kappa shape index (κ1) is 13.7. The topological polar surface area (TPSA) is 104 Å². The number of aromatic nitrogens is 2. The second kappa shape index (κ2) is 4.72. The Morgan fingerprint density at radius 3 is 2.20 bits per heavy atom. The summed E-state index contributed by atoms with van der Waals surface area (Å²) in [6.45, 7) is 4.85. The third-order valence-corrected chi connectivity index (χ3v) is 3.06. The normalized spacial score (nSPS) is 10.6. The van der Waals surface area contributed by atoms with Gasteiger partial charge in [0.25, 0.3) is 5.69 Å². The number of aryl methyl sites for hydroxylation is 2. The number of hydrogen-bond donors (Lipinski definition) is 0. The van der Waals surface area contributed by atoms with Gasteiger partial charge in [0.15, 0.2) is 0 Å². The van der Waals surface area contributed by atoms with Crippen LogP contribution in [-0.4, -0.2) is 19.6 Å². The van der Waals surface area contributed by atoms with Gasteiger partial charge in [-0.15, -0.1) is 0 Å². The highest BCUT2D eigenvalue weighted by atomic mass is 16.6. The molecular formula is C12H12N4O4. The van der Waals surface area contributed by atoms with E-state index in [-0.39, 0.29) is 11.4 Å². The number of rotatable bonds is 3. The number of benzene rings is 1. The third-order valence-electron chi connectivity index (χ3n) is 3.06. The highest BCUT2D eigenvalue weighted by Gasteiger charge is 2.23. The molecule has 0 atom stereocenters. The average molecular weight is 276 g/mol. The van der Waals surface area contributed by atoms with Crippen LogP contribution in [0.2, 0.25) is 0 Å². The fourth-order valence-corrected chi connectivity index (χ4v) is 2.12. The third kappa shape index (κ3) is 2.11. The molecule has 0 unspecified atom stereocenters. The molecule has 1 aromatic heterocycles. The van der Waals surface area contributed by atoms with E-state index in [1.165, 1.54) is 22.9 Å². The van der Waals surface area contributed by atoms with Gasteiger partial charge < -0.3 is 0 Å². The number of nitrogens with zero attached hydrogens (tertiary/aromatic N) is 4. The van der Waals surface area contributed by atoms with Crippen LogP contribution in [0, 0.1) is 41.0 Å². The lowest BCUT2D eigenvalue weighted by Crippen LogP contribution is -2.02. The van der Waals surface area contributed by atoms with Crippen molar-refractivity contribution < 1.29 is 9.85 Å². The SMILES string of the molecule is Cc1cc([N+](=O)[O-])ccc1-n1nc(C)c([N+](=O)[O-])c1C. The van der Waals surface area contributed by atoms with Crippen molar-refractivity contribution in [1.82, 2.24) is 9.78 Å². The monoisotopic (exact) mass is 276 g/mol. The molecule has 0 saturated carbocycles. The van der Waals surface area contributed by atoms with Gasteiger partial charge in [0.1, 0.15) is 11.4 Å². The molecule has 1 heterocycles. The van der Waals surface area contributed by atoms with Gasteiger partial charge in [0.05, 0.1) is 15.5 Å². The molecule has 0 aliphatic heterocycles. The molecule has 0 N–H and O–H groups in total. The molecule has 0 bridgehead atoms. The van der Waals surface area contributed by atoms with E-state index in [0.29, 0.717) is 22.6 Å². The van der Waals surface area contributed by atoms with Crippen LogP contribution in [0.3, 0.4) is 0 Å². The van der Waals surface area contributed by atoms with Crippen LogP contribution in [0.25, 0.3) is 5.69 Å². The Kier molecular flexibility index (Phi) is 3.23. The Balaban J connectivity index is 2.61. The minimum Gasteiger partial charge on any atom is -0.258 e. The Hall–Kier alpha value is -2.77. The summed E-state index contributed by atoms with van der Waals surface area (Å²) in [6.07, 6.45) is 0. The number of non-ortho nitro benzene ring substituents is 1. The van der Waals surface area contributed by atoms with Crippen LogP contribution in [0.1, 0.15) is 17.0 Å². The largest absolute Gasteiger partial charge is 0.313 e. The van der Waals surface area contributed by atoms with E-state index >= 15 is 0 Å². The van der Waals surface area contributed by atoms with E-state index in [1.807, 2.05) is 0 Å². The molecule has 20 heavy (non-hydrogen) atoms. The summed E-state index contributed by atoms with van der Waals surface area (Å²) < 4.78 is 1.44. The van der Waals surface area contributed by atoms with Gasteiger partial charge >= 0.3 is 5.69 Å². The van der Waals surface area contributed by atoms with Gasteiger partial charge in [0, 0.05) is 12.1 Å². The van der Waals surface area contributed by atoms with Crippen molar-refractivity contribution in [3.8, 4) is 5.69 Å². The van der Waals surface area contributed by atoms with Crippen molar-refractivity contribution in [2.45, 2.75) is 20.8 Å². The molecule has 0 radical (unpaired) electrons. The van der Waals surface area contributed by atoms with E-state index in [0.717, 1.165) is 0 Å². The molecule has 0 spiro atoms. The fraction of sp³-hybridized carbons (Fsp3) is 0.250. The molecule has 0 saturated heterocycles. The molecule has 2 rings (SSSR count). The number of hydrogen-bond acceptors (Lipinski definition) is 5. The van der Waals surface area contributed by atoms with Crippen molar-refractivity contribution >= 4 is 11.4 Å². The highest BCUT2D eigenvalue weighted by molar-refractivity contribution is 5.51. The van der Waals surface area contributed by atoms with Crippen molar-refractivity contribution in [2.24, 2.45) is 0 Å². The Bertz CT molecular complexity index is 720. The lowest BCUT2D eigenvalue weighted by atomic mass is 10.2. The second-order valence-electron chi connectivity index (χ2n) is 4.42. The molecule has 0 aliphatic carbocycles. The summed E-state index contributed by atoms with van der Waals surface area (Å²) in [5.74, 6) is 0. The zero-order chi connectivity index (χ0) is 15.0. The molecular weight excluding hydrogens is 264 g/mol. The van der Waals surface area contributed by atoms with Crippen molar-refractivity contribution in [3.05, 3.63) is 55.4 Å². The summed E-state index contributed by atoms with van der Waals surface area (Å²) in [7, 11) is 0. The Labute approximate surface area is 113 Å². The van der Waals surface area contributed by atoms with Crippen LogP contribution in [0.15, 0.2) is 18.2 Å². The van der Waals surface area contributed by atoms with Crippen LogP contribution in [-0.2, 0) is 0 Å². The van der Waals surface area contributed by atoms with E-state index in [4.69, 9.17) is 0 Å². The standard InChI is InChI=1S/C12H12N4O4/c1-7-6-10(15(17)18)4-5-11(7)14-9(3)12(16(19)20)8(2)13-14/h4-6H,1-3H3. The quantitative estimate of drug-likeness (QED) is 0.633. The van der Waals surface area contributed by atoms with E-state index < -0.39 is 9.85 Å². The lowest BCUT2D eigenvalue weighted by Gasteiger charge is -2.07. The van der Waals surface area contributed by atoms with Crippen LogP contribution in [0.5, 0.6) is 0 Å². The number of nitro groups is 2. The molecule has 0 amide bonds. The molecule has 0 fully saturated rings. The van der Waals surface area contributed by atoms with Crippen molar-refractivity contribution in [1.29, 1.82) is 0 Å². The summed E-state index contributed by atoms with van der Waals surface area (Å²) in [5.41, 5.74) is 1.85. The van der Waals surface area contributed by atoms with Gasteiger partial charge in [-0.25, -0.2) is 4.68 Å². The molecule has 1 aromatic carbocycles. The molecule has 104 valence electrons. The zero-order valence-electron chi connectivity index (χ0n) is 11.2. The predicted octanol–water partition coefficient (Wildman–Crippen LogP) is 2.61. The minimum atomic E-state index is -0.486. The van der Waals surface area contributed by atoms with Gasteiger partial charge in [-0.2, -0.15) is 5.10 Å². The number of nitro benzene ring substituents is 1. The van der Waals surface area contributed by atoms with Crippen LogP contribution >= 0.6 is 0 Å². The van der Waals surface area contributed by atoms with E-state index in [2.05, 4.69) is 5.10 Å². The van der Waals surface area contributed by atoms with Crippen LogP contribution < -0.4 is 0 Å². The summed E-state index contributed by atoms with van der Waals surface area (Å²) in [4.78, 5) is 20.7. The Morgan fingerprint density at radius 1 is 1.10 bits per heavy atom. The fourth-order valence-electron chi connectivity index (χ4n) is 2.12. The van der Waals surface area contributed by atoms with Crippen molar-refractivity contribution in [2.75, 3.05) is 0 Å². The zero-order valence-corrected chi connectivity index (χ0v) is 11.2. The first-order valence-electron chi connectivity index (χ1n) is 5.79. The van der Waals surface area contributed by atoms with E-state index in [1.54, 1.807) is 20.8 Å². The first-order chi connectivity index (χ1) is 9.32. The van der Waals surface area contributed by atoms with Gasteiger partial charge in [0.2, 0.25) is 0 Å². The summed E-state index contributed by atoms with van der Waals surface area (Å²) in [6, 6.07) is 4.30. The van der Waals surface area contributed by atoms with Gasteiger partial charge in [-0.1, -0.05) is 0 Å². The predicted molar refractivity (Wildman–Crippen MR) is 71.1 cm³/mol. The highest BCUT2D eigenvalue weighted by Crippen LogP contribution is 2.27. The lowest BCUT2D eigenvalue weighted by molar-refractivity contribution is -0.386. The maximum atomic E-state index is 11.0. The molecule has 0 aliphatic rings. The minimum absolute atomic E-state index is 0.0257. The first-order valence-corrected chi connectivity index (χ1v) is 5.79. The molecule has 8 heteroatoms. The maximum Gasteiger partial charge on any atom is 0.313 e. The maximum absolute atomic E-state index is 11.0.